The molecule has 1 aliphatic carbocycles. The van der Waals surface area contributed by atoms with Crippen LogP contribution in [-0.4, -0.2) is 49.0 Å². The van der Waals surface area contributed by atoms with E-state index in [1.807, 2.05) is 12.2 Å². The van der Waals surface area contributed by atoms with Gasteiger partial charge in [0, 0.05) is 7.05 Å². The van der Waals surface area contributed by atoms with Crippen LogP contribution in [-0.2, 0) is 23.9 Å². The first-order chi connectivity index (χ1) is 9.54. The largest absolute Gasteiger partial charge is 0.463 e. The summed E-state index contributed by atoms with van der Waals surface area (Å²) in [7, 11) is 1.65. The predicted molar refractivity (Wildman–Crippen MR) is 69.5 cm³/mol. The van der Waals surface area contributed by atoms with Gasteiger partial charge in [0.05, 0.1) is 24.1 Å². The van der Waals surface area contributed by atoms with E-state index in [4.69, 9.17) is 4.74 Å². The van der Waals surface area contributed by atoms with E-state index in [2.05, 4.69) is 4.74 Å². The van der Waals surface area contributed by atoms with Crippen LogP contribution in [0.15, 0.2) is 23.8 Å². The molecule has 3 aliphatic rings. The zero-order valence-electron chi connectivity index (χ0n) is 11.5. The molecule has 0 saturated heterocycles. The fourth-order valence-corrected chi connectivity index (χ4v) is 2.33. The molecular formula is C14H17NO5. The number of esters is 2. The zero-order chi connectivity index (χ0) is 14.7. The second-order valence-corrected chi connectivity index (χ2v) is 4.66. The number of hydrogen-bond acceptors (Lipinski definition) is 5. The molecule has 2 bridgehead atoms. The van der Waals surface area contributed by atoms with E-state index in [1.165, 1.54) is 4.90 Å². The van der Waals surface area contributed by atoms with Crippen molar-refractivity contribution in [2.75, 3.05) is 20.3 Å². The minimum Gasteiger partial charge on any atom is -0.463 e. The van der Waals surface area contributed by atoms with Gasteiger partial charge in [0.15, 0.2) is 6.61 Å². The smallest absolute Gasteiger partial charge is 0.344 e. The monoisotopic (exact) mass is 279 g/mol. The Hall–Kier alpha value is -2.11. The molecule has 6 nitrogen and oxygen atoms in total. The van der Waals surface area contributed by atoms with Gasteiger partial charge in [0.1, 0.15) is 0 Å². The number of ether oxygens (including phenoxy) is 2. The molecular weight excluding hydrogens is 262 g/mol. The van der Waals surface area contributed by atoms with Crippen molar-refractivity contribution < 1.29 is 23.9 Å². The molecule has 0 saturated carbocycles. The summed E-state index contributed by atoms with van der Waals surface area (Å²) in [4.78, 5) is 36.7. The Kier molecular flexibility index (Phi) is 4.22. The van der Waals surface area contributed by atoms with E-state index in [-0.39, 0.29) is 18.4 Å². The first kappa shape index (κ1) is 14.3. The van der Waals surface area contributed by atoms with Gasteiger partial charge in [-0.15, -0.1) is 0 Å². The van der Waals surface area contributed by atoms with E-state index in [1.54, 1.807) is 20.0 Å². The number of hydrogen-bond donors (Lipinski definition) is 0. The van der Waals surface area contributed by atoms with Crippen LogP contribution in [0.2, 0.25) is 0 Å². The topological polar surface area (TPSA) is 72.9 Å². The van der Waals surface area contributed by atoms with Crippen LogP contribution < -0.4 is 0 Å². The van der Waals surface area contributed by atoms with Crippen LogP contribution in [0.1, 0.15) is 13.3 Å². The van der Waals surface area contributed by atoms with E-state index in [0.717, 1.165) is 0 Å². The molecule has 3 rings (SSSR count). The molecule has 20 heavy (non-hydrogen) atoms. The number of carbonyl (C=O) groups is 3. The average Bonchev–Trinajstić information content (AvgIpc) is 2.70. The van der Waals surface area contributed by atoms with Crippen LogP contribution >= 0.6 is 0 Å². The van der Waals surface area contributed by atoms with Crippen LogP contribution in [0.4, 0.5) is 0 Å². The number of likely N-dealkylation sites (N-methyl/N-ethyl adjacent to an activating group) is 1. The van der Waals surface area contributed by atoms with Crippen molar-refractivity contribution >= 4 is 17.8 Å². The molecule has 0 fully saturated rings. The van der Waals surface area contributed by atoms with Gasteiger partial charge < -0.3 is 14.4 Å². The van der Waals surface area contributed by atoms with Crippen LogP contribution in [0.5, 0.6) is 0 Å². The fourth-order valence-electron chi connectivity index (χ4n) is 2.33. The average molecular weight is 279 g/mol. The Bertz CT molecular complexity index is 494. The second kappa shape index (κ2) is 5.90. The van der Waals surface area contributed by atoms with E-state index in [0.29, 0.717) is 12.0 Å². The maximum absolute atomic E-state index is 12.0. The second-order valence-electron chi connectivity index (χ2n) is 4.66. The molecule has 0 N–H and O–H groups in total. The minimum atomic E-state index is -0.588. The highest BCUT2D eigenvalue weighted by Crippen LogP contribution is 2.28. The summed E-state index contributed by atoms with van der Waals surface area (Å²) in [5.74, 6) is -1.40. The Balaban J connectivity index is 2.03. The van der Waals surface area contributed by atoms with Gasteiger partial charge in [-0.25, -0.2) is 9.59 Å². The van der Waals surface area contributed by atoms with Crippen molar-refractivity contribution in [2.45, 2.75) is 19.4 Å². The summed E-state index contributed by atoms with van der Waals surface area (Å²) in [5.41, 5.74) is 0.390. The van der Waals surface area contributed by atoms with Crippen molar-refractivity contribution in [2.24, 2.45) is 5.92 Å². The maximum atomic E-state index is 12.0. The zero-order valence-corrected chi connectivity index (χ0v) is 11.5. The molecule has 1 amide bonds. The number of fused-ring (bicyclic) bond motifs is 2. The van der Waals surface area contributed by atoms with Gasteiger partial charge >= 0.3 is 11.9 Å². The highest BCUT2D eigenvalue weighted by atomic mass is 16.6. The lowest BCUT2D eigenvalue weighted by molar-refractivity contribution is -0.156. The third-order valence-corrected chi connectivity index (χ3v) is 3.38. The molecule has 2 aliphatic heterocycles. The van der Waals surface area contributed by atoms with Crippen molar-refractivity contribution in [3.8, 4) is 0 Å². The molecule has 2 heterocycles. The van der Waals surface area contributed by atoms with Gasteiger partial charge in [0.2, 0.25) is 5.91 Å². The fraction of sp³-hybridized carbons (Fsp3) is 0.500. The quantitative estimate of drug-likeness (QED) is 0.551. The molecule has 108 valence electrons. The van der Waals surface area contributed by atoms with Crippen LogP contribution in [0.25, 0.3) is 0 Å². The first-order valence-corrected chi connectivity index (χ1v) is 6.52. The van der Waals surface area contributed by atoms with Crippen LogP contribution in [0, 0.1) is 5.92 Å². The molecule has 0 spiro atoms. The lowest BCUT2D eigenvalue weighted by Crippen LogP contribution is -2.43. The number of allylic oxidation sites excluding steroid dienone is 1. The first-order valence-electron chi connectivity index (χ1n) is 6.52. The Morgan fingerprint density at radius 3 is 2.80 bits per heavy atom. The van der Waals surface area contributed by atoms with Crippen molar-refractivity contribution in [1.29, 1.82) is 0 Å². The van der Waals surface area contributed by atoms with Crippen molar-refractivity contribution in [1.82, 2.24) is 4.90 Å². The van der Waals surface area contributed by atoms with E-state index in [9.17, 15) is 14.4 Å². The van der Waals surface area contributed by atoms with Crippen molar-refractivity contribution in [3.05, 3.63) is 23.8 Å². The lowest BCUT2D eigenvalue weighted by atomic mass is 10.0. The molecule has 6 heteroatoms. The third-order valence-electron chi connectivity index (χ3n) is 3.38. The summed E-state index contributed by atoms with van der Waals surface area (Å²) >= 11 is 0. The Labute approximate surface area is 117 Å². The molecule has 0 aromatic rings. The number of amides is 1. The summed E-state index contributed by atoms with van der Waals surface area (Å²) in [5, 5.41) is 0. The summed E-state index contributed by atoms with van der Waals surface area (Å²) < 4.78 is 9.62. The summed E-state index contributed by atoms with van der Waals surface area (Å²) in [6, 6.07) is -0.420. The van der Waals surface area contributed by atoms with Gasteiger partial charge in [0.25, 0.3) is 0 Å². The lowest BCUT2D eigenvalue weighted by Gasteiger charge is -2.30. The normalized spacial score (nSPS) is 24.2. The predicted octanol–water partition coefficient (Wildman–Crippen LogP) is 0.436. The van der Waals surface area contributed by atoms with Gasteiger partial charge in [-0.2, -0.15) is 0 Å². The van der Waals surface area contributed by atoms with Gasteiger partial charge in [-0.1, -0.05) is 18.2 Å². The minimum absolute atomic E-state index is 0.0121. The number of rotatable bonds is 4. The molecule has 0 aromatic carbocycles. The van der Waals surface area contributed by atoms with Gasteiger partial charge in [-0.3, -0.25) is 4.79 Å². The van der Waals surface area contributed by atoms with E-state index < -0.39 is 24.6 Å². The molecule has 2 unspecified atom stereocenters. The highest BCUT2D eigenvalue weighted by molar-refractivity contribution is 5.95. The van der Waals surface area contributed by atoms with Crippen LogP contribution in [0.3, 0.4) is 0 Å². The Morgan fingerprint density at radius 2 is 2.10 bits per heavy atom. The molecule has 2 atom stereocenters. The number of carbonyl (C=O) groups excluding carboxylic acids is 3. The Morgan fingerprint density at radius 1 is 1.35 bits per heavy atom. The van der Waals surface area contributed by atoms with E-state index >= 15 is 0 Å². The SMILES string of the molecule is CCOC(=O)COC(=O)C1=CCC2C=CC1N(C)C2=O. The maximum Gasteiger partial charge on any atom is 0.344 e. The molecule has 0 radical (unpaired) electrons. The van der Waals surface area contributed by atoms with Gasteiger partial charge in [-0.05, 0) is 13.3 Å². The number of nitrogens with zero attached hydrogens (tertiary/aromatic N) is 1. The summed E-state index contributed by atoms with van der Waals surface area (Å²) in [6.45, 7) is 1.50. The highest BCUT2D eigenvalue weighted by Gasteiger charge is 2.36. The molecule has 0 aromatic heterocycles. The third kappa shape index (κ3) is 2.74. The standard InChI is InChI=1S/C14H17NO5/c1-3-19-12(16)8-20-14(18)10-6-4-9-5-7-11(10)15(2)13(9)17/h5-7,9,11H,3-4,8H2,1-2H3. The summed E-state index contributed by atoms with van der Waals surface area (Å²) in [6.07, 6.45) is 5.82. The van der Waals surface area contributed by atoms with Crippen molar-refractivity contribution in [3.63, 3.8) is 0 Å².